The number of hydrogen-bond acceptors (Lipinski definition) is 3. The van der Waals surface area contributed by atoms with Gasteiger partial charge in [0.15, 0.2) is 0 Å². The molecule has 0 N–H and O–H groups in total. The minimum atomic E-state index is -2.95. The maximum atomic E-state index is 13.2. The van der Waals surface area contributed by atoms with Gasteiger partial charge in [0.1, 0.15) is 0 Å². The smallest absolute Gasteiger partial charge is 0.309 e. The fraction of sp³-hybridized carbons (Fsp3) is 1.00. The van der Waals surface area contributed by atoms with E-state index in [2.05, 4.69) is 41.5 Å². The number of rotatable bonds is 17. The van der Waals surface area contributed by atoms with Crippen LogP contribution in [-0.2, 0) is 13.6 Å². The Balaban J connectivity index is 4.59. The van der Waals surface area contributed by atoms with E-state index in [0.29, 0.717) is 37.1 Å². The standard InChI is InChI=1S/C21H45O3P/c1-7-19(8-2)13-16-23-25(22,18-15-21(11-5)12-6)24-17-14-20(9-3)10-4/h19-21H,7-18H2,1-6H3. The fourth-order valence-corrected chi connectivity index (χ4v) is 5.10. The van der Waals surface area contributed by atoms with Crippen molar-refractivity contribution in [3.05, 3.63) is 0 Å². The molecule has 0 aromatic rings. The van der Waals surface area contributed by atoms with Crippen molar-refractivity contribution in [1.29, 1.82) is 0 Å². The lowest BCUT2D eigenvalue weighted by Gasteiger charge is -2.23. The molecular weight excluding hydrogens is 331 g/mol. The SMILES string of the molecule is CCC(CC)CCOP(=O)(CCC(CC)CC)OCCC(CC)CC. The van der Waals surface area contributed by atoms with Gasteiger partial charge in [0.2, 0.25) is 0 Å². The average molecular weight is 377 g/mol. The van der Waals surface area contributed by atoms with Gasteiger partial charge in [-0.05, 0) is 37.0 Å². The summed E-state index contributed by atoms with van der Waals surface area (Å²) in [6, 6.07) is 0. The van der Waals surface area contributed by atoms with Gasteiger partial charge in [-0.1, -0.05) is 80.1 Å². The van der Waals surface area contributed by atoms with E-state index < -0.39 is 7.60 Å². The molecule has 0 rings (SSSR count). The molecule has 3 nitrogen and oxygen atoms in total. The van der Waals surface area contributed by atoms with Gasteiger partial charge in [-0.25, -0.2) is 0 Å². The molecule has 0 heterocycles. The molecule has 0 aliphatic heterocycles. The molecule has 0 atom stereocenters. The first-order valence-corrected chi connectivity index (χ1v) is 12.6. The third-order valence-electron chi connectivity index (χ3n) is 5.90. The summed E-state index contributed by atoms with van der Waals surface area (Å²) in [7, 11) is -2.95. The van der Waals surface area contributed by atoms with E-state index in [1.807, 2.05) is 0 Å². The minimum absolute atomic E-state index is 0.567. The zero-order valence-electron chi connectivity index (χ0n) is 17.9. The Morgan fingerprint density at radius 2 is 0.920 bits per heavy atom. The molecule has 0 bridgehead atoms. The van der Waals surface area contributed by atoms with E-state index in [4.69, 9.17) is 9.05 Å². The second-order valence-corrected chi connectivity index (χ2v) is 9.60. The highest BCUT2D eigenvalue weighted by Crippen LogP contribution is 2.50. The fourth-order valence-electron chi connectivity index (χ4n) is 3.31. The van der Waals surface area contributed by atoms with Crippen molar-refractivity contribution in [2.45, 2.75) is 99.3 Å². The van der Waals surface area contributed by atoms with Crippen molar-refractivity contribution in [3.63, 3.8) is 0 Å². The Hall–Kier alpha value is 0.150. The predicted molar refractivity (Wildman–Crippen MR) is 110 cm³/mol. The van der Waals surface area contributed by atoms with E-state index in [1.165, 1.54) is 0 Å². The summed E-state index contributed by atoms with van der Waals surface area (Å²) >= 11 is 0. The van der Waals surface area contributed by atoms with Crippen LogP contribution in [0.1, 0.15) is 99.3 Å². The van der Waals surface area contributed by atoms with Crippen LogP contribution in [0.3, 0.4) is 0 Å². The Morgan fingerprint density at radius 3 is 1.24 bits per heavy atom. The van der Waals surface area contributed by atoms with Gasteiger partial charge < -0.3 is 9.05 Å². The molecule has 0 aromatic heterocycles. The quantitative estimate of drug-likeness (QED) is 0.244. The normalized spacial score (nSPS) is 12.7. The molecule has 0 spiro atoms. The monoisotopic (exact) mass is 376 g/mol. The summed E-state index contributed by atoms with van der Waals surface area (Å²) in [4.78, 5) is 0. The zero-order valence-corrected chi connectivity index (χ0v) is 18.8. The van der Waals surface area contributed by atoms with Crippen LogP contribution in [0.25, 0.3) is 0 Å². The lowest BCUT2D eigenvalue weighted by molar-refractivity contribution is 0.179. The minimum Gasteiger partial charge on any atom is -0.309 e. The molecule has 25 heavy (non-hydrogen) atoms. The highest BCUT2D eigenvalue weighted by molar-refractivity contribution is 7.53. The molecule has 0 aliphatic rings. The van der Waals surface area contributed by atoms with Gasteiger partial charge in [-0.3, -0.25) is 4.57 Å². The van der Waals surface area contributed by atoms with Crippen molar-refractivity contribution < 1.29 is 13.6 Å². The van der Waals surface area contributed by atoms with E-state index in [9.17, 15) is 4.57 Å². The van der Waals surface area contributed by atoms with E-state index in [-0.39, 0.29) is 0 Å². The van der Waals surface area contributed by atoms with Crippen molar-refractivity contribution in [2.24, 2.45) is 17.8 Å². The molecular formula is C21H45O3P. The third-order valence-corrected chi connectivity index (χ3v) is 7.86. The van der Waals surface area contributed by atoms with Gasteiger partial charge >= 0.3 is 7.60 Å². The molecule has 0 aliphatic carbocycles. The second-order valence-electron chi connectivity index (χ2n) is 7.41. The first-order chi connectivity index (χ1) is 12.0. The molecule has 152 valence electrons. The van der Waals surface area contributed by atoms with Gasteiger partial charge in [-0.15, -0.1) is 0 Å². The summed E-state index contributed by atoms with van der Waals surface area (Å²) in [5.74, 6) is 1.95. The van der Waals surface area contributed by atoms with Crippen LogP contribution in [-0.4, -0.2) is 19.4 Å². The summed E-state index contributed by atoms with van der Waals surface area (Å²) in [6.45, 7) is 14.4. The molecule has 0 radical (unpaired) electrons. The van der Waals surface area contributed by atoms with Crippen molar-refractivity contribution >= 4 is 7.60 Å². The van der Waals surface area contributed by atoms with Crippen LogP contribution in [0.4, 0.5) is 0 Å². The first-order valence-electron chi connectivity index (χ1n) is 10.9. The third kappa shape index (κ3) is 11.5. The highest BCUT2D eigenvalue weighted by Gasteiger charge is 2.26. The van der Waals surface area contributed by atoms with E-state index >= 15 is 0 Å². The Morgan fingerprint density at radius 1 is 0.600 bits per heavy atom. The molecule has 4 heteroatoms. The summed E-state index contributed by atoms with van der Waals surface area (Å²) < 4.78 is 25.0. The van der Waals surface area contributed by atoms with Crippen molar-refractivity contribution in [3.8, 4) is 0 Å². The molecule has 0 saturated carbocycles. The maximum Gasteiger partial charge on any atom is 0.330 e. The summed E-state index contributed by atoms with van der Waals surface area (Å²) in [5.41, 5.74) is 0. The second kappa shape index (κ2) is 15.2. The maximum absolute atomic E-state index is 13.2. The molecule has 0 saturated heterocycles. The van der Waals surface area contributed by atoms with Crippen molar-refractivity contribution in [1.82, 2.24) is 0 Å². The Bertz CT molecular complexity index is 312. The van der Waals surface area contributed by atoms with Gasteiger partial charge in [0.05, 0.1) is 19.4 Å². The Kier molecular flexibility index (Phi) is 15.3. The van der Waals surface area contributed by atoms with Crippen LogP contribution < -0.4 is 0 Å². The molecule has 0 fully saturated rings. The average Bonchev–Trinajstić information content (AvgIpc) is 2.63. The highest BCUT2D eigenvalue weighted by atomic mass is 31.2. The lowest BCUT2D eigenvalue weighted by Crippen LogP contribution is -2.10. The Labute approximate surface area is 158 Å². The first kappa shape index (κ1) is 25.1. The summed E-state index contributed by atoms with van der Waals surface area (Å²) in [5, 5.41) is 0. The van der Waals surface area contributed by atoms with Crippen LogP contribution >= 0.6 is 7.60 Å². The largest absolute Gasteiger partial charge is 0.330 e. The van der Waals surface area contributed by atoms with Crippen molar-refractivity contribution in [2.75, 3.05) is 19.4 Å². The predicted octanol–water partition coefficient (Wildman–Crippen LogP) is 7.69. The van der Waals surface area contributed by atoms with Crippen LogP contribution in [0, 0.1) is 17.8 Å². The van der Waals surface area contributed by atoms with Gasteiger partial charge in [0, 0.05) is 0 Å². The lowest BCUT2D eigenvalue weighted by atomic mass is 10.0. The van der Waals surface area contributed by atoms with Crippen LogP contribution in [0.5, 0.6) is 0 Å². The zero-order chi connectivity index (χ0) is 19.1. The van der Waals surface area contributed by atoms with Gasteiger partial charge in [-0.2, -0.15) is 0 Å². The van der Waals surface area contributed by atoms with E-state index in [0.717, 1.165) is 57.8 Å². The molecule has 0 amide bonds. The van der Waals surface area contributed by atoms with Crippen LogP contribution in [0.15, 0.2) is 0 Å². The van der Waals surface area contributed by atoms with E-state index in [1.54, 1.807) is 0 Å². The molecule has 0 aromatic carbocycles. The van der Waals surface area contributed by atoms with Crippen LogP contribution in [0.2, 0.25) is 0 Å². The van der Waals surface area contributed by atoms with Gasteiger partial charge in [0.25, 0.3) is 0 Å². The number of hydrogen-bond donors (Lipinski definition) is 0. The summed E-state index contributed by atoms with van der Waals surface area (Å²) in [6.07, 6.45) is 10.4. The topological polar surface area (TPSA) is 35.5 Å². The molecule has 0 unspecified atom stereocenters.